The number of aliphatic hydroxyl groups is 1. The van der Waals surface area contributed by atoms with Crippen molar-refractivity contribution in [3.63, 3.8) is 0 Å². The molecule has 0 spiro atoms. The Bertz CT molecular complexity index is 1040. The molecule has 0 saturated carbocycles. The monoisotopic (exact) mass is 469 g/mol. The molecule has 4 N–H and O–H groups in total. The first kappa shape index (κ1) is 24.1. The highest BCUT2D eigenvalue weighted by Gasteiger charge is 2.43. The van der Waals surface area contributed by atoms with E-state index in [1.165, 1.54) is 0 Å². The highest BCUT2D eigenvalue weighted by Crippen LogP contribution is 2.45. The van der Waals surface area contributed by atoms with Gasteiger partial charge in [0, 0.05) is 24.4 Å². The van der Waals surface area contributed by atoms with Gasteiger partial charge in [0.25, 0.3) is 0 Å². The third-order valence-electron chi connectivity index (χ3n) is 5.68. The molecule has 0 aliphatic carbocycles. The van der Waals surface area contributed by atoms with Crippen LogP contribution in [-0.2, 0) is 16.8 Å². The van der Waals surface area contributed by atoms with Crippen LogP contribution in [0.4, 0.5) is 0 Å². The Morgan fingerprint density at radius 2 is 1.75 bits per heavy atom. The lowest BCUT2D eigenvalue weighted by Crippen LogP contribution is -2.35. The average Bonchev–Trinajstić information content (AvgIpc) is 3.39. The van der Waals surface area contributed by atoms with E-state index in [9.17, 15) is 5.11 Å². The van der Waals surface area contributed by atoms with E-state index in [1.54, 1.807) is 14.2 Å². The van der Waals surface area contributed by atoms with Crippen LogP contribution in [-0.4, -0.2) is 63.3 Å². The fourth-order valence-corrected chi connectivity index (χ4v) is 4.21. The Balaban J connectivity index is 0.000000523. The molecule has 0 bridgehead atoms. The van der Waals surface area contributed by atoms with Gasteiger partial charge in [0.1, 0.15) is 0 Å². The molecule has 0 aromatic heterocycles. The quantitative estimate of drug-likeness (QED) is 0.461. The predicted molar refractivity (Wildman–Crippen MR) is 115 cm³/mol. The molecule has 11 heteroatoms. The van der Waals surface area contributed by atoms with Gasteiger partial charge < -0.3 is 29.4 Å². The van der Waals surface area contributed by atoms with Crippen LogP contribution in [0.5, 0.6) is 23.0 Å². The number of nitrogens with one attached hydrogen (secondary N) is 1. The summed E-state index contributed by atoms with van der Waals surface area (Å²) >= 11 is 0. The molecule has 2 atom stereocenters. The molecule has 1 fully saturated rings. The Morgan fingerprint density at radius 3 is 2.41 bits per heavy atom. The molecule has 32 heavy (non-hydrogen) atoms. The minimum Gasteiger partial charge on any atom is -0.493 e. The minimum atomic E-state index is -4.67. The summed E-state index contributed by atoms with van der Waals surface area (Å²) < 4.78 is 53.3. The molecule has 2 aromatic rings. The predicted octanol–water partition coefficient (Wildman–Crippen LogP) is 1.69. The lowest BCUT2D eigenvalue weighted by molar-refractivity contribution is 0.126. The van der Waals surface area contributed by atoms with Gasteiger partial charge in [-0.1, -0.05) is 12.1 Å². The van der Waals surface area contributed by atoms with E-state index in [0.29, 0.717) is 11.5 Å². The van der Waals surface area contributed by atoms with E-state index in [0.717, 1.165) is 42.1 Å². The van der Waals surface area contributed by atoms with Crippen molar-refractivity contribution in [1.29, 1.82) is 0 Å². The number of hydrogen-bond acceptors (Lipinski definition) is 8. The SMILES string of the molecule is COc1ccc(CC2(CO)CNCC2c2ccc3c(c2)OCO3)cc1OC.O=S(=O)(O)O. The zero-order chi connectivity index (χ0) is 23.4. The van der Waals surface area contributed by atoms with Gasteiger partial charge in [-0.25, -0.2) is 0 Å². The molecule has 176 valence electrons. The molecule has 1 saturated heterocycles. The first-order valence-electron chi connectivity index (χ1n) is 9.81. The second kappa shape index (κ2) is 9.92. The number of ether oxygens (including phenoxy) is 4. The van der Waals surface area contributed by atoms with Gasteiger partial charge in [0.15, 0.2) is 23.0 Å². The first-order valence-corrected chi connectivity index (χ1v) is 11.2. The summed E-state index contributed by atoms with van der Waals surface area (Å²) in [6.07, 6.45) is 0.732. The maximum atomic E-state index is 10.4. The van der Waals surface area contributed by atoms with Gasteiger partial charge in [0.05, 0.1) is 20.8 Å². The van der Waals surface area contributed by atoms with Crippen molar-refractivity contribution < 1.29 is 41.6 Å². The summed E-state index contributed by atoms with van der Waals surface area (Å²) in [5.74, 6) is 3.13. The first-order chi connectivity index (χ1) is 15.2. The van der Waals surface area contributed by atoms with Gasteiger partial charge in [-0.3, -0.25) is 9.11 Å². The van der Waals surface area contributed by atoms with Crippen molar-refractivity contribution in [2.24, 2.45) is 5.41 Å². The number of aliphatic hydroxyl groups excluding tert-OH is 1. The van der Waals surface area contributed by atoms with Crippen molar-refractivity contribution in [2.45, 2.75) is 12.3 Å². The van der Waals surface area contributed by atoms with Crippen molar-refractivity contribution in [1.82, 2.24) is 5.32 Å². The smallest absolute Gasteiger partial charge is 0.394 e. The van der Waals surface area contributed by atoms with Crippen molar-refractivity contribution >= 4 is 10.4 Å². The summed E-state index contributed by atoms with van der Waals surface area (Å²) in [6, 6.07) is 12.0. The zero-order valence-electron chi connectivity index (χ0n) is 17.8. The number of methoxy groups -OCH3 is 2. The summed E-state index contributed by atoms with van der Waals surface area (Å²) in [4.78, 5) is 0. The summed E-state index contributed by atoms with van der Waals surface area (Å²) in [7, 11) is -1.40. The maximum absolute atomic E-state index is 10.4. The van der Waals surface area contributed by atoms with Crippen LogP contribution >= 0.6 is 0 Å². The van der Waals surface area contributed by atoms with E-state index < -0.39 is 10.4 Å². The van der Waals surface area contributed by atoms with Gasteiger partial charge in [-0.15, -0.1) is 0 Å². The van der Waals surface area contributed by atoms with Crippen LogP contribution in [0.1, 0.15) is 17.0 Å². The highest BCUT2D eigenvalue weighted by atomic mass is 32.3. The Labute approximate surface area is 186 Å². The molecular formula is C21H27NO9S. The summed E-state index contributed by atoms with van der Waals surface area (Å²) in [5, 5.41) is 13.8. The van der Waals surface area contributed by atoms with Crippen molar-refractivity contribution in [3.05, 3.63) is 47.5 Å². The highest BCUT2D eigenvalue weighted by molar-refractivity contribution is 7.79. The number of fused-ring (bicyclic) bond motifs is 1. The van der Waals surface area contributed by atoms with Crippen LogP contribution in [0.3, 0.4) is 0 Å². The van der Waals surface area contributed by atoms with E-state index in [1.807, 2.05) is 30.3 Å². The number of hydrogen-bond donors (Lipinski definition) is 4. The Hall–Kier alpha value is -2.57. The van der Waals surface area contributed by atoms with E-state index >= 15 is 0 Å². The van der Waals surface area contributed by atoms with Crippen molar-refractivity contribution in [3.8, 4) is 23.0 Å². The topological polar surface area (TPSA) is 144 Å². The van der Waals surface area contributed by atoms with E-state index in [-0.39, 0.29) is 24.7 Å². The van der Waals surface area contributed by atoms with Crippen LogP contribution < -0.4 is 24.3 Å². The Kier molecular flexibility index (Phi) is 7.47. The maximum Gasteiger partial charge on any atom is 0.394 e. The average molecular weight is 470 g/mol. The van der Waals surface area contributed by atoms with Crippen LogP contribution in [0.15, 0.2) is 36.4 Å². The lowest BCUT2D eigenvalue weighted by atomic mass is 9.71. The molecule has 2 unspecified atom stereocenters. The fourth-order valence-electron chi connectivity index (χ4n) is 4.21. The molecule has 10 nitrogen and oxygen atoms in total. The van der Waals surface area contributed by atoms with Crippen LogP contribution in [0.25, 0.3) is 0 Å². The minimum absolute atomic E-state index is 0.0907. The molecule has 2 aliphatic rings. The molecule has 0 amide bonds. The molecule has 2 aliphatic heterocycles. The number of rotatable bonds is 6. The van der Waals surface area contributed by atoms with E-state index in [2.05, 4.69) is 11.4 Å². The van der Waals surface area contributed by atoms with Gasteiger partial charge in [-0.2, -0.15) is 8.42 Å². The van der Waals surface area contributed by atoms with Gasteiger partial charge in [-0.05, 0) is 41.8 Å². The Morgan fingerprint density at radius 1 is 1.06 bits per heavy atom. The lowest BCUT2D eigenvalue weighted by Gasteiger charge is -2.33. The molecule has 2 aromatic carbocycles. The van der Waals surface area contributed by atoms with Gasteiger partial charge in [0.2, 0.25) is 6.79 Å². The molecule has 0 radical (unpaired) electrons. The zero-order valence-corrected chi connectivity index (χ0v) is 18.6. The molecule has 2 heterocycles. The second-order valence-electron chi connectivity index (χ2n) is 7.63. The van der Waals surface area contributed by atoms with Crippen LogP contribution in [0.2, 0.25) is 0 Å². The van der Waals surface area contributed by atoms with E-state index in [4.69, 9.17) is 36.5 Å². The molecular weight excluding hydrogens is 442 g/mol. The number of benzene rings is 2. The summed E-state index contributed by atoms with van der Waals surface area (Å²) in [5.41, 5.74) is 1.96. The largest absolute Gasteiger partial charge is 0.493 e. The standard InChI is InChI=1S/C21H25NO5.H2O4S/c1-24-17-5-3-14(7-19(17)25-2)9-21(12-23)11-22-10-16(21)15-4-6-18-20(8-15)27-13-26-18;1-5(2,3)4/h3-8,16,22-23H,9-13H2,1-2H3;(H2,1,2,3,4). The molecule has 4 rings (SSSR count). The van der Waals surface area contributed by atoms with Crippen molar-refractivity contribution in [2.75, 3.05) is 40.7 Å². The second-order valence-corrected chi connectivity index (χ2v) is 8.53. The summed E-state index contributed by atoms with van der Waals surface area (Å²) in [6.45, 7) is 1.91. The van der Waals surface area contributed by atoms with Gasteiger partial charge >= 0.3 is 10.4 Å². The van der Waals surface area contributed by atoms with Crippen LogP contribution in [0, 0.1) is 5.41 Å². The third kappa shape index (κ3) is 5.61. The third-order valence-corrected chi connectivity index (χ3v) is 5.68. The fraction of sp³-hybridized carbons (Fsp3) is 0.429. The normalized spacial score (nSPS) is 21.6.